The molecule has 0 bridgehead atoms. The SMILES string of the molecule is O=C(O)CC(=O)N1CCN(C(=O)N2CCC3(CCNC3c3ccncc3)CC2)CC1. The van der Waals surface area contributed by atoms with Crippen LogP contribution in [0.15, 0.2) is 24.5 Å². The fourth-order valence-corrected chi connectivity index (χ4v) is 5.12. The van der Waals surface area contributed by atoms with E-state index in [1.54, 1.807) is 4.90 Å². The van der Waals surface area contributed by atoms with E-state index >= 15 is 0 Å². The molecule has 0 aliphatic carbocycles. The minimum atomic E-state index is -1.12. The van der Waals surface area contributed by atoms with E-state index in [-0.39, 0.29) is 17.4 Å². The summed E-state index contributed by atoms with van der Waals surface area (Å²) in [4.78, 5) is 45.0. The Morgan fingerprint density at radius 2 is 1.57 bits per heavy atom. The van der Waals surface area contributed by atoms with E-state index in [4.69, 9.17) is 5.11 Å². The quantitative estimate of drug-likeness (QED) is 0.712. The average molecular weight is 415 g/mol. The molecule has 3 fully saturated rings. The van der Waals surface area contributed by atoms with Gasteiger partial charge in [0.05, 0.1) is 0 Å². The highest BCUT2D eigenvalue weighted by Gasteiger charge is 2.46. The molecule has 0 radical (unpaired) electrons. The van der Waals surface area contributed by atoms with E-state index < -0.39 is 12.4 Å². The van der Waals surface area contributed by atoms with Gasteiger partial charge in [0.2, 0.25) is 5.91 Å². The Bertz CT molecular complexity index is 786. The summed E-state index contributed by atoms with van der Waals surface area (Å²) >= 11 is 0. The Morgan fingerprint density at radius 3 is 2.20 bits per heavy atom. The van der Waals surface area contributed by atoms with Gasteiger partial charge in [0.1, 0.15) is 6.42 Å². The van der Waals surface area contributed by atoms with E-state index in [1.807, 2.05) is 17.3 Å². The van der Waals surface area contributed by atoms with Gasteiger partial charge in [0, 0.05) is 57.7 Å². The van der Waals surface area contributed by atoms with Crippen LogP contribution in [0.2, 0.25) is 0 Å². The van der Waals surface area contributed by atoms with Crippen LogP contribution in [0.25, 0.3) is 0 Å². The highest BCUT2D eigenvalue weighted by molar-refractivity contribution is 5.93. The maximum absolute atomic E-state index is 13.0. The molecule has 3 aliphatic heterocycles. The van der Waals surface area contributed by atoms with Crippen LogP contribution in [0.5, 0.6) is 0 Å². The highest BCUT2D eigenvalue weighted by Crippen LogP contribution is 2.48. The number of amides is 3. The molecular formula is C21H29N5O4. The van der Waals surface area contributed by atoms with Crippen LogP contribution in [0.3, 0.4) is 0 Å². The zero-order chi connectivity index (χ0) is 21.1. The summed E-state index contributed by atoms with van der Waals surface area (Å²) in [6.07, 6.45) is 6.23. The third-order valence-electron chi connectivity index (χ3n) is 6.86. The lowest BCUT2D eigenvalue weighted by molar-refractivity contribution is -0.144. The van der Waals surface area contributed by atoms with Crippen LogP contribution in [-0.2, 0) is 9.59 Å². The lowest BCUT2D eigenvalue weighted by atomic mass is 9.70. The predicted octanol–water partition coefficient (Wildman–Crippen LogP) is 0.937. The maximum Gasteiger partial charge on any atom is 0.320 e. The summed E-state index contributed by atoms with van der Waals surface area (Å²) in [5.74, 6) is -1.50. The second-order valence-corrected chi connectivity index (χ2v) is 8.49. The number of aliphatic carboxylic acids is 1. The fraction of sp³-hybridized carbons (Fsp3) is 0.619. The second-order valence-electron chi connectivity index (χ2n) is 8.49. The van der Waals surface area contributed by atoms with E-state index in [0.29, 0.717) is 32.2 Å². The van der Waals surface area contributed by atoms with Crippen LogP contribution in [-0.4, -0.2) is 88.5 Å². The maximum atomic E-state index is 13.0. The monoisotopic (exact) mass is 415 g/mol. The fourth-order valence-electron chi connectivity index (χ4n) is 5.12. The number of carbonyl (C=O) groups is 3. The molecule has 4 rings (SSSR count). The summed E-state index contributed by atoms with van der Waals surface area (Å²) in [5.41, 5.74) is 1.45. The Hall–Kier alpha value is -2.68. The second kappa shape index (κ2) is 8.59. The number of piperazine rings is 1. The Balaban J connectivity index is 1.31. The standard InChI is InChI=1S/C21H29N5O4/c27-17(15-18(28)29)24-11-13-26(14-12-24)20(30)25-9-4-21(5-10-25)3-8-23-19(21)16-1-6-22-7-2-16/h1-2,6-7,19,23H,3-5,8-15H2,(H,28,29). The van der Waals surface area contributed by atoms with Gasteiger partial charge in [0.15, 0.2) is 0 Å². The average Bonchev–Trinajstić information content (AvgIpc) is 3.17. The summed E-state index contributed by atoms with van der Waals surface area (Å²) in [7, 11) is 0. The smallest absolute Gasteiger partial charge is 0.320 e. The van der Waals surface area contributed by atoms with Gasteiger partial charge in [0.25, 0.3) is 0 Å². The van der Waals surface area contributed by atoms with E-state index in [1.165, 1.54) is 10.5 Å². The molecule has 9 heteroatoms. The highest BCUT2D eigenvalue weighted by atomic mass is 16.4. The first kappa shape index (κ1) is 20.6. The Labute approximate surface area is 176 Å². The predicted molar refractivity (Wildman–Crippen MR) is 109 cm³/mol. The van der Waals surface area contributed by atoms with Crippen LogP contribution in [0, 0.1) is 5.41 Å². The molecule has 3 amide bonds. The first-order valence-electron chi connectivity index (χ1n) is 10.7. The zero-order valence-corrected chi connectivity index (χ0v) is 17.1. The van der Waals surface area contributed by atoms with Crippen molar-refractivity contribution in [2.24, 2.45) is 5.41 Å². The van der Waals surface area contributed by atoms with Gasteiger partial charge in [-0.05, 0) is 48.9 Å². The van der Waals surface area contributed by atoms with Gasteiger partial charge < -0.3 is 25.1 Å². The van der Waals surface area contributed by atoms with Crippen molar-refractivity contribution in [3.05, 3.63) is 30.1 Å². The molecule has 4 heterocycles. The molecule has 2 N–H and O–H groups in total. The number of nitrogens with zero attached hydrogens (tertiary/aromatic N) is 4. The normalized spacial score (nSPS) is 23.6. The van der Waals surface area contributed by atoms with Gasteiger partial charge in [-0.25, -0.2) is 4.79 Å². The zero-order valence-electron chi connectivity index (χ0n) is 17.1. The lowest BCUT2D eigenvalue weighted by Gasteiger charge is -2.45. The third kappa shape index (κ3) is 4.12. The first-order valence-corrected chi connectivity index (χ1v) is 10.7. The van der Waals surface area contributed by atoms with Gasteiger partial charge in [-0.2, -0.15) is 0 Å². The van der Waals surface area contributed by atoms with Crippen molar-refractivity contribution in [2.75, 3.05) is 45.8 Å². The molecular weight excluding hydrogens is 386 g/mol. The number of likely N-dealkylation sites (tertiary alicyclic amines) is 1. The summed E-state index contributed by atoms with van der Waals surface area (Å²) in [5, 5.41) is 12.4. The number of hydrogen-bond acceptors (Lipinski definition) is 5. The van der Waals surface area contributed by atoms with Gasteiger partial charge in [-0.3, -0.25) is 14.6 Å². The number of rotatable bonds is 3. The number of carboxylic acid groups (broad SMARTS) is 1. The van der Waals surface area contributed by atoms with Crippen molar-refractivity contribution in [3.8, 4) is 0 Å². The van der Waals surface area contributed by atoms with Crippen LogP contribution >= 0.6 is 0 Å². The molecule has 0 aromatic carbocycles. The molecule has 1 unspecified atom stereocenters. The van der Waals surface area contributed by atoms with Gasteiger partial charge >= 0.3 is 12.0 Å². The number of carboxylic acids is 1. The number of aromatic nitrogens is 1. The summed E-state index contributed by atoms with van der Waals surface area (Å²) in [6.45, 7) is 4.15. The molecule has 1 aromatic heterocycles. The van der Waals surface area contributed by atoms with Crippen molar-refractivity contribution in [1.82, 2.24) is 25.0 Å². The molecule has 3 saturated heterocycles. The summed E-state index contributed by atoms with van der Waals surface area (Å²) < 4.78 is 0. The van der Waals surface area contributed by atoms with E-state index in [0.717, 1.165) is 38.9 Å². The molecule has 9 nitrogen and oxygen atoms in total. The van der Waals surface area contributed by atoms with Crippen LogP contribution in [0.4, 0.5) is 4.79 Å². The molecule has 3 aliphatic rings. The van der Waals surface area contributed by atoms with Crippen molar-refractivity contribution in [1.29, 1.82) is 0 Å². The first-order chi connectivity index (χ1) is 14.5. The topological polar surface area (TPSA) is 106 Å². The number of carbonyl (C=O) groups excluding carboxylic acids is 2. The molecule has 1 aromatic rings. The molecule has 162 valence electrons. The lowest BCUT2D eigenvalue weighted by Crippen LogP contribution is -2.56. The minimum absolute atomic E-state index is 0.0293. The van der Waals surface area contributed by atoms with Crippen molar-refractivity contribution in [3.63, 3.8) is 0 Å². The Kier molecular flexibility index (Phi) is 5.90. The summed E-state index contributed by atoms with van der Waals surface area (Å²) in [6, 6.07) is 4.49. The largest absolute Gasteiger partial charge is 0.481 e. The van der Waals surface area contributed by atoms with E-state index in [9.17, 15) is 14.4 Å². The number of urea groups is 1. The number of nitrogens with one attached hydrogen (secondary N) is 1. The van der Waals surface area contributed by atoms with Crippen LogP contribution in [0.1, 0.15) is 37.3 Å². The molecule has 0 saturated carbocycles. The van der Waals surface area contributed by atoms with E-state index in [2.05, 4.69) is 22.4 Å². The molecule has 30 heavy (non-hydrogen) atoms. The minimum Gasteiger partial charge on any atom is -0.481 e. The van der Waals surface area contributed by atoms with Crippen LogP contribution < -0.4 is 5.32 Å². The molecule has 1 atom stereocenters. The Morgan fingerprint density at radius 1 is 0.967 bits per heavy atom. The van der Waals surface area contributed by atoms with Gasteiger partial charge in [-0.1, -0.05) is 0 Å². The molecule has 1 spiro atoms. The van der Waals surface area contributed by atoms with Crippen molar-refractivity contribution in [2.45, 2.75) is 31.7 Å². The third-order valence-corrected chi connectivity index (χ3v) is 6.86. The number of piperidine rings is 1. The number of hydrogen-bond donors (Lipinski definition) is 2. The van der Waals surface area contributed by atoms with Crippen molar-refractivity contribution < 1.29 is 19.5 Å². The van der Waals surface area contributed by atoms with Crippen molar-refractivity contribution >= 4 is 17.9 Å². The number of pyridine rings is 1. The van der Waals surface area contributed by atoms with Gasteiger partial charge in [-0.15, -0.1) is 0 Å².